The van der Waals surface area contributed by atoms with Crippen molar-refractivity contribution in [1.82, 2.24) is 10.6 Å². The SMILES string of the molecule is CCCCCCCCCCCCSCCNC(=S)NCC. The minimum absolute atomic E-state index is 0.789. The fourth-order valence-electron chi connectivity index (χ4n) is 2.25. The molecule has 0 saturated heterocycles. The fourth-order valence-corrected chi connectivity index (χ4v) is 3.36. The van der Waals surface area contributed by atoms with Crippen molar-refractivity contribution in [3.63, 3.8) is 0 Å². The van der Waals surface area contributed by atoms with E-state index < -0.39 is 0 Å². The molecule has 0 unspecified atom stereocenters. The van der Waals surface area contributed by atoms with Gasteiger partial charge >= 0.3 is 0 Å². The quantitative estimate of drug-likeness (QED) is 0.321. The molecule has 0 radical (unpaired) electrons. The molecule has 0 aromatic heterocycles. The topological polar surface area (TPSA) is 24.1 Å². The summed E-state index contributed by atoms with van der Waals surface area (Å²) in [4.78, 5) is 0. The predicted octanol–water partition coefficient (Wildman–Crippen LogP) is 5.12. The normalized spacial score (nSPS) is 10.6. The lowest BCUT2D eigenvalue weighted by Gasteiger charge is -2.08. The number of thiocarbonyl (C=S) groups is 1. The Balaban J connectivity index is 3.01. The number of thioether (sulfide) groups is 1. The molecular formula is C17H36N2S2. The Morgan fingerprint density at radius 3 is 1.90 bits per heavy atom. The van der Waals surface area contributed by atoms with Gasteiger partial charge in [-0.3, -0.25) is 0 Å². The molecule has 4 heteroatoms. The minimum atomic E-state index is 0.789. The van der Waals surface area contributed by atoms with Crippen LogP contribution in [0.3, 0.4) is 0 Å². The maximum atomic E-state index is 5.12. The summed E-state index contributed by atoms with van der Waals surface area (Å²) in [5.74, 6) is 2.45. The van der Waals surface area contributed by atoms with E-state index in [9.17, 15) is 0 Å². The van der Waals surface area contributed by atoms with Gasteiger partial charge in [0.1, 0.15) is 0 Å². The van der Waals surface area contributed by atoms with E-state index in [1.54, 1.807) is 0 Å². The van der Waals surface area contributed by atoms with Crippen LogP contribution in [0, 0.1) is 0 Å². The van der Waals surface area contributed by atoms with E-state index in [4.69, 9.17) is 12.2 Å². The van der Waals surface area contributed by atoms with Crippen LogP contribution >= 0.6 is 24.0 Å². The molecule has 0 aliphatic rings. The predicted molar refractivity (Wildman–Crippen MR) is 103 cm³/mol. The first-order chi connectivity index (χ1) is 10.3. The number of rotatable bonds is 15. The lowest BCUT2D eigenvalue weighted by molar-refractivity contribution is 0.563. The van der Waals surface area contributed by atoms with Gasteiger partial charge in [0.25, 0.3) is 0 Å². The molecule has 126 valence electrons. The lowest BCUT2D eigenvalue weighted by Crippen LogP contribution is -2.36. The molecule has 0 atom stereocenters. The van der Waals surface area contributed by atoms with Crippen LogP contribution in [0.2, 0.25) is 0 Å². The second-order valence-corrected chi connectivity index (χ2v) is 7.21. The third kappa shape index (κ3) is 18.0. The van der Waals surface area contributed by atoms with E-state index in [0.717, 1.165) is 24.0 Å². The van der Waals surface area contributed by atoms with Crippen LogP contribution in [-0.4, -0.2) is 29.7 Å². The molecule has 0 spiro atoms. The van der Waals surface area contributed by atoms with Crippen molar-refractivity contribution in [3.05, 3.63) is 0 Å². The zero-order chi connectivity index (χ0) is 15.6. The third-order valence-electron chi connectivity index (χ3n) is 3.51. The van der Waals surface area contributed by atoms with Gasteiger partial charge < -0.3 is 10.6 Å². The highest BCUT2D eigenvalue weighted by atomic mass is 32.2. The van der Waals surface area contributed by atoms with Crippen molar-refractivity contribution in [2.24, 2.45) is 0 Å². The number of hydrogen-bond donors (Lipinski definition) is 2. The first-order valence-electron chi connectivity index (χ1n) is 8.90. The highest BCUT2D eigenvalue weighted by Gasteiger charge is 1.95. The van der Waals surface area contributed by atoms with Crippen molar-refractivity contribution in [2.75, 3.05) is 24.6 Å². The van der Waals surface area contributed by atoms with Crippen LogP contribution in [0.15, 0.2) is 0 Å². The maximum Gasteiger partial charge on any atom is 0.166 e. The Labute approximate surface area is 142 Å². The van der Waals surface area contributed by atoms with Crippen LogP contribution < -0.4 is 10.6 Å². The summed E-state index contributed by atoms with van der Waals surface area (Å²) in [7, 11) is 0. The maximum absolute atomic E-state index is 5.12. The van der Waals surface area contributed by atoms with Gasteiger partial charge in [0.05, 0.1) is 0 Å². The van der Waals surface area contributed by atoms with E-state index in [2.05, 4.69) is 24.5 Å². The highest BCUT2D eigenvalue weighted by molar-refractivity contribution is 7.99. The van der Waals surface area contributed by atoms with Gasteiger partial charge in [-0.15, -0.1) is 0 Å². The standard InChI is InChI=1S/C17H36N2S2/c1-3-5-6-7-8-9-10-11-12-13-15-21-16-14-19-17(20)18-4-2/h3-16H2,1-2H3,(H2,18,19,20). The summed E-state index contributed by atoms with van der Waals surface area (Å²) in [5.41, 5.74) is 0. The molecule has 0 heterocycles. The molecule has 0 aromatic carbocycles. The Hall–Kier alpha value is 0.0400. The van der Waals surface area contributed by atoms with Crippen LogP contribution in [0.4, 0.5) is 0 Å². The monoisotopic (exact) mass is 332 g/mol. The van der Waals surface area contributed by atoms with Gasteiger partial charge in [0, 0.05) is 18.8 Å². The van der Waals surface area contributed by atoms with Gasteiger partial charge in [0.2, 0.25) is 0 Å². The molecule has 0 saturated carbocycles. The Kier molecular flexibility index (Phi) is 18.1. The van der Waals surface area contributed by atoms with Crippen LogP contribution in [-0.2, 0) is 0 Å². The average Bonchev–Trinajstić information content (AvgIpc) is 2.48. The summed E-state index contributed by atoms with van der Waals surface area (Å²) in [6, 6.07) is 0. The molecule has 0 fully saturated rings. The Morgan fingerprint density at radius 1 is 0.762 bits per heavy atom. The zero-order valence-electron chi connectivity index (χ0n) is 14.2. The Morgan fingerprint density at radius 2 is 1.33 bits per heavy atom. The van der Waals surface area contributed by atoms with E-state index in [1.165, 1.54) is 70.0 Å². The molecule has 0 amide bonds. The fraction of sp³-hybridized carbons (Fsp3) is 0.941. The van der Waals surface area contributed by atoms with Gasteiger partial charge in [-0.25, -0.2) is 0 Å². The van der Waals surface area contributed by atoms with E-state index in [-0.39, 0.29) is 0 Å². The zero-order valence-corrected chi connectivity index (χ0v) is 15.8. The second-order valence-electron chi connectivity index (χ2n) is 5.58. The molecule has 0 aliphatic carbocycles. The molecule has 2 N–H and O–H groups in total. The molecule has 0 rings (SSSR count). The second kappa shape index (κ2) is 18.1. The van der Waals surface area contributed by atoms with E-state index in [0.29, 0.717) is 0 Å². The third-order valence-corrected chi connectivity index (χ3v) is 4.87. The van der Waals surface area contributed by atoms with Gasteiger partial charge in [-0.05, 0) is 31.3 Å². The molecule has 0 bridgehead atoms. The first-order valence-corrected chi connectivity index (χ1v) is 10.5. The van der Waals surface area contributed by atoms with E-state index >= 15 is 0 Å². The van der Waals surface area contributed by atoms with Gasteiger partial charge in [-0.2, -0.15) is 11.8 Å². The molecule has 0 aromatic rings. The molecular weight excluding hydrogens is 296 g/mol. The van der Waals surface area contributed by atoms with Gasteiger partial charge in [0.15, 0.2) is 5.11 Å². The number of nitrogens with one attached hydrogen (secondary N) is 2. The van der Waals surface area contributed by atoms with Crippen molar-refractivity contribution in [2.45, 2.75) is 78.1 Å². The number of unbranched alkanes of at least 4 members (excludes halogenated alkanes) is 9. The Bertz CT molecular complexity index is 223. The van der Waals surface area contributed by atoms with Crippen molar-refractivity contribution < 1.29 is 0 Å². The van der Waals surface area contributed by atoms with Crippen molar-refractivity contribution >= 4 is 29.1 Å². The minimum Gasteiger partial charge on any atom is -0.363 e. The van der Waals surface area contributed by atoms with Crippen molar-refractivity contribution in [3.8, 4) is 0 Å². The summed E-state index contributed by atoms with van der Waals surface area (Å²) in [5, 5.41) is 7.11. The first kappa shape index (κ1) is 21.0. The van der Waals surface area contributed by atoms with E-state index in [1.807, 2.05) is 11.8 Å². The largest absolute Gasteiger partial charge is 0.363 e. The van der Waals surface area contributed by atoms with Crippen LogP contribution in [0.25, 0.3) is 0 Å². The highest BCUT2D eigenvalue weighted by Crippen LogP contribution is 2.12. The molecule has 2 nitrogen and oxygen atoms in total. The smallest absolute Gasteiger partial charge is 0.166 e. The summed E-state index contributed by atoms with van der Waals surface area (Å²) in [6.45, 7) is 6.23. The average molecular weight is 333 g/mol. The number of hydrogen-bond acceptors (Lipinski definition) is 2. The lowest BCUT2D eigenvalue weighted by atomic mass is 10.1. The molecule has 21 heavy (non-hydrogen) atoms. The van der Waals surface area contributed by atoms with Crippen LogP contribution in [0.5, 0.6) is 0 Å². The molecule has 0 aliphatic heterocycles. The summed E-state index contributed by atoms with van der Waals surface area (Å²) in [6.07, 6.45) is 14.2. The van der Waals surface area contributed by atoms with Crippen molar-refractivity contribution in [1.29, 1.82) is 0 Å². The van der Waals surface area contributed by atoms with Gasteiger partial charge in [-0.1, -0.05) is 64.7 Å². The summed E-state index contributed by atoms with van der Waals surface area (Å²) >= 11 is 7.16. The summed E-state index contributed by atoms with van der Waals surface area (Å²) < 4.78 is 0. The van der Waals surface area contributed by atoms with Crippen LogP contribution in [0.1, 0.15) is 78.1 Å².